The zero-order valence-electron chi connectivity index (χ0n) is 12.6. The molecule has 0 radical (unpaired) electrons. The van der Waals surface area contributed by atoms with Gasteiger partial charge in [0, 0.05) is 12.1 Å². The minimum Gasteiger partial charge on any atom is -0.389 e. The minimum atomic E-state index is -0.582. The number of ketones is 1. The Kier molecular flexibility index (Phi) is 4.95. The van der Waals surface area contributed by atoms with Crippen LogP contribution in [0.2, 0.25) is 0 Å². The first kappa shape index (κ1) is 15.2. The summed E-state index contributed by atoms with van der Waals surface area (Å²) in [5.74, 6) is 0.122. The minimum absolute atomic E-state index is 0.122. The summed E-state index contributed by atoms with van der Waals surface area (Å²) in [6, 6.07) is 7.83. The maximum Gasteiger partial charge on any atom is 0.176 e. The molecular formula is C17H25NO2. The zero-order chi connectivity index (χ0) is 14.6. The Bertz CT molecular complexity index is 447. The van der Waals surface area contributed by atoms with Gasteiger partial charge in [-0.1, -0.05) is 44.0 Å². The molecule has 1 aromatic carbocycles. The molecule has 0 aromatic heterocycles. The molecule has 1 N–H and O–H groups in total. The van der Waals surface area contributed by atoms with Crippen molar-refractivity contribution in [3.8, 4) is 0 Å². The fourth-order valence-electron chi connectivity index (χ4n) is 3.01. The summed E-state index contributed by atoms with van der Waals surface area (Å²) in [5, 5.41) is 10.4. The average molecular weight is 275 g/mol. The summed E-state index contributed by atoms with van der Waals surface area (Å²) in [5.41, 5.74) is 1.42. The Balaban J connectivity index is 1.89. The van der Waals surface area contributed by atoms with Crippen molar-refractivity contribution < 1.29 is 9.90 Å². The number of nitrogens with zero attached hydrogens (tertiary/aromatic N) is 1. The molecule has 0 atom stereocenters. The van der Waals surface area contributed by atoms with Gasteiger partial charge in [0.15, 0.2) is 5.78 Å². The van der Waals surface area contributed by atoms with Crippen molar-refractivity contribution in [1.82, 2.24) is 4.90 Å². The van der Waals surface area contributed by atoms with Gasteiger partial charge in [0.25, 0.3) is 0 Å². The quantitative estimate of drug-likeness (QED) is 0.811. The van der Waals surface area contributed by atoms with Crippen LogP contribution in [0.4, 0.5) is 0 Å². The predicted molar refractivity (Wildman–Crippen MR) is 81.1 cm³/mol. The van der Waals surface area contributed by atoms with Crippen LogP contribution in [0, 0.1) is 0 Å². The number of Topliss-reactive ketones (excluding diaryl/α,β-unsaturated/α-hetero) is 1. The summed E-state index contributed by atoms with van der Waals surface area (Å²) in [6.07, 6.45) is 4.89. The van der Waals surface area contributed by atoms with Crippen molar-refractivity contribution >= 4 is 5.78 Å². The van der Waals surface area contributed by atoms with Gasteiger partial charge >= 0.3 is 0 Å². The van der Waals surface area contributed by atoms with E-state index in [0.29, 0.717) is 13.1 Å². The van der Waals surface area contributed by atoms with Crippen LogP contribution in [-0.4, -0.2) is 41.5 Å². The van der Waals surface area contributed by atoms with Gasteiger partial charge < -0.3 is 5.11 Å². The number of aliphatic hydroxyl groups is 1. The molecule has 110 valence electrons. The molecule has 2 rings (SSSR count). The Labute approximate surface area is 121 Å². The third kappa shape index (κ3) is 3.90. The second kappa shape index (κ2) is 6.51. The van der Waals surface area contributed by atoms with E-state index in [-0.39, 0.29) is 5.78 Å². The standard InChI is InChI=1S/C17H25NO2/c1-3-14-6-8-15(9-7-14)16(19)12-18(2)13-17(20)10-4-5-11-17/h6-9,20H,3-5,10-13H2,1-2H3. The van der Waals surface area contributed by atoms with Gasteiger partial charge in [-0.3, -0.25) is 9.69 Å². The number of carbonyl (C=O) groups is 1. The molecule has 3 heteroatoms. The van der Waals surface area contributed by atoms with Crippen molar-refractivity contribution in [2.24, 2.45) is 0 Å². The highest BCUT2D eigenvalue weighted by Crippen LogP contribution is 2.29. The molecule has 0 aliphatic heterocycles. The molecule has 0 amide bonds. The molecule has 1 aliphatic rings. The van der Waals surface area contributed by atoms with Crippen molar-refractivity contribution in [3.05, 3.63) is 35.4 Å². The number of hydrogen-bond acceptors (Lipinski definition) is 3. The van der Waals surface area contributed by atoms with Crippen LogP contribution >= 0.6 is 0 Å². The van der Waals surface area contributed by atoms with Gasteiger partial charge in [-0.25, -0.2) is 0 Å². The van der Waals surface area contributed by atoms with Crippen LogP contribution in [0.1, 0.15) is 48.5 Å². The van der Waals surface area contributed by atoms with E-state index in [1.165, 1.54) is 5.56 Å². The van der Waals surface area contributed by atoms with Crippen LogP contribution < -0.4 is 0 Å². The van der Waals surface area contributed by atoms with E-state index >= 15 is 0 Å². The molecule has 1 aliphatic carbocycles. The SMILES string of the molecule is CCc1ccc(C(=O)CN(C)CC2(O)CCCC2)cc1. The summed E-state index contributed by atoms with van der Waals surface area (Å²) < 4.78 is 0. The van der Waals surface area contributed by atoms with E-state index in [1.54, 1.807) is 0 Å². The lowest BCUT2D eigenvalue weighted by molar-refractivity contribution is 0.0172. The maximum absolute atomic E-state index is 12.2. The summed E-state index contributed by atoms with van der Waals surface area (Å²) >= 11 is 0. The monoisotopic (exact) mass is 275 g/mol. The van der Waals surface area contributed by atoms with Gasteiger partial charge in [0.1, 0.15) is 0 Å². The first-order valence-corrected chi connectivity index (χ1v) is 7.55. The zero-order valence-corrected chi connectivity index (χ0v) is 12.6. The summed E-state index contributed by atoms with van der Waals surface area (Å²) in [4.78, 5) is 14.2. The lowest BCUT2D eigenvalue weighted by Crippen LogP contribution is -2.41. The van der Waals surface area contributed by atoms with Gasteiger partial charge in [-0.15, -0.1) is 0 Å². The number of aryl methyl sites for hydroxylation is 1. The van der Waals surface area contributed by atoms with Gasteiger partial charge in [0.05, 0.1) is 12.1 Å². The summed E-state index contributed by atoms with van der Waals surface area (Å²) in [6.45, 7) is 3.06. The van der Waals surface area contributed by atoms with Gasteiger partial charge in [-0.05, 0) is 31.9 Å². The molecular weight excluding hydrogens is 250 g/mol. The number of hydrogen-bond donors (Lipinski definition) is 1. The molecule has 0 unspecified atom stereocenters. The number of benzene rings is 1. The van der Waals surface area contributed by atoms with Crippen LogP contribution in [0.15, 0.2) is 24.3 Å². The Morgan fingerprint density at radius 2 is 1.85 bits per heavy atom. The van der Waals surface area contributed by atoms with E-state index in [1.807, 2.05) is 36.2 Å². The van der Waals surface area contributed by atoms with E-state index in [2.05, 4.69) is 6.92 Å². The van der Waals surface area contributed by atoms with E-state index in [9.17, 15) is 9.90 Å². The Morgan fingerprint density at radius 1 is 1.25 bits per heavy atom. The lowest BCUT2D eigenvalue weighted by Gasteiger charge is -2.28. The molecule has 0 heterocycles. The van der Waals surface area contributed by atoms with Gasteiger partial charge in [0.2, 0.25) is 0 Å². The van der Waals surface area contributed by atoms with E-state index in [0.717, 1.165) is 37.7 Å². The highest BCUT2D eigenvalue weighted by Gasteiger charge is 2.32. The van der Waals surface area contributed by atoms with E-state index in [4.69, 9.17) is 0 Å². The molecule has 20 heavy (non-hydrogen) atoms. The topological polar surface area (TPSA) is 40.5 Å². The molecule has 0 bridgehead atoms. The number of carbonyl (C=O) groups excluding carboxylic acids is 1. The maximum atomic E-state index is 12.2. The summed E-state index contributed by atoms with van der Waals surface area (Å²) in [7, 11) is 1.91. The van der Waals surface area contributed by atoms with Crippen molar-refractivity contribution in [1.29, 1.82) is 0 Å². The fraction of sp³-hybridized carbons (Fsp3) is 0.588. The van der Waals surface area contributed by atoms with Crippen LogP contribution in [0.3, 0.4) is 0 Å². The molecule has 0 saturated heterocycles. The highest BCUT2D eigenvalue weighted by atomic mass is 16.3. The van der Waals surface area contributed by atoms with Crippen LogP contribution in [0.25, 0.3) is 0 Å². The first-order chi connectivity index (χ1) is 9.52. The molecule has 1 aromatic rings. The predicted octanol–water partition coefficient (Wildman–Crippen LogP) is 2.67. The fourth-order valence-corrected chi connectivity index (χ4v) is 3.01. The lowest BCUT2D eigenvalue weighted by atomic mass is 10.0. The number of likely N-dealkylation sites (N-methyl/N-ethyl adjacent to an activating group) is 1. The highest BCUT2D eigenvalue weighted by molar-refractivity contribution is 5.97. The smallest absolute Gasteiger partial charge is 0.176 e. The third-order valence-corrected chi connectivity index (χ3v) is 4.20. The largest absolute Gasteiger partial charge is 0.389 e. The second-order valence-electron chi connectivity index (χ2n) is 6.08. The molecule has 1 fully saturated rings. The van der Waals surface area contributed by atoms with E-state index < -0.39 is 5.60 Å². The van der Waals surface area contributed by atoms with Crippen LogP contribution in [0.5, 0.6) is 0 Å². The number of rotatable bonds is 6. The normalized spacial score (nSPS) is 17.6. The van der Waals surface area contributed by atoms with Gasteiger partial charge in [-0.2, -0.15) is 0 Å². The van der Waals surface area contributed by atoms with Crippen molar-refractivity contribution in [2.45, 2.75) is 44.6 Å². The van der Waals surface area contributed by atoms with Crippen molar-refractivity contribution in [2.75, 3.05) is 20.1 Å². The molecule has 1 saturated carbocycles. The van der Waals surface area contributed by atoms with Crippen LogP contribution in [-0.2, 0) is 6.42 Å². The Morgan fingerprint density at radius 3 is 2.40 bits per heavy atom. The molecule has 3 nitrogen and oxygen atoms in total. The first-order valence-electron chi connectivity index (χ1n) is 7.55. The van der Waals surface area contributed by atoms with Crippen molar-refractivity contribution in [3.63, 3.8) is 0 Å². The third-order valence-electron chi connectivity index (χ3n) is 4.20. The average Bonchev–Trinajstić information content (AvgIpc) is 2.84. The second-order valence-corrected chi connectivity index (χ2v) is 6.08. The Hall–Kier alpha value is -1.19. The molecule has 0 spiro atoms.